The van der Waals surface area contributed by atoms with Gasteiger partial charge in [0.1, 0.15) is 24.1 Å². The van der Waals surface area contributed by atoms with Gasteiger partial charge in [-0.2, -0.15) is 0 Å². The van der Waals surface area contributed by atoms with Gasteiger partial charge in [-0.3, -0.25) is 9.59 Å². The molecule has 2 saturated heterocycles. The smallest absolute Gasteiger partial charge is 0.226 e. The SMILES string of the molecule is Cc1ccc([C@]23OC[C@](C(C)(C)O)(O2)[C@@H](O)[C@H](O)[C@H]3O)cc1Cc1ccc(CCCC(=O)CC2(C(=O)NCCN(C)C)CCCC2)cc1. The lowest BCUT2D eigenvalue weighted by Gasteiger charge is -2.50. The van der Waals surface area contributed by atoms with Crippen LogP contribution in [0, 0.1) is 12.3 Å². The molecule has 2 aliphatic heterocycles. The third-order valence-corrected chi connectivity index (χ3v) is 10.9. The van der Waals surface area contributed by atoms with Gasteiger partial charge in [0.05, 0.1) is 17.6 Å². The standard InChI is InChI=1S/C38H54N2O8/c1-25-11-16-29(38-33(44)31(42)32(43)37(48-38,24-47-38)35(2,3)46)22-28(25)21-27-14-12-26(13-15-27)9-8-10-30(41)23-36(17-6-7-18-36)34(45)39-19-20-40(4)5/h11-16,22,31-33,42-44,46H,6-10,17-21,23-24H2,1-5H3,(H,39,45)/t31-,32-,33+,37-,38-/m0/s1. The summed E-state index contributed by atoms with van der Waals surface area (Å²) in [6.45, 7) is 6.14. The highest BCUT2D eigenvalue weighted by Gasteiger charge is 2.71. The number of carbonyl (C=O) groups excluding carboxylic acids is 2. The van der Waals surface area contributed by atoms with Crippen LogP contribution in [0.5, 0.6) is 0 Å². The monoisotopic (exact) mass is 666 g/mol. The van der Waals surface area contributed by atoms with E-state index in [1.165, 1.54) is 13.8 Å². The molecule has 264 valence electrons. The first-order valence-electron chi connectivity index (χ1n) is 17.4. The molecular formula is C38H54N2O8. The molecule has 2 aromatic carbocycles. The number of ketones is 1. The van der Waals surface area contributed by atoms with Gasteiger partial charge in [0.15, 0.2) is 5.60 Å². The van der Waals surface area contributed by atoms with Crippen LogP contribution in [0.4, 0.5) is 0 Å². The van der Waals surface area contributed by atoms with E-state index in [-0.39, 0.29) is 18.3 Å². The van der Waals surface area contributed by atoms with Gasteiger partial charge in [-0.05, 0) is 95.3 Å². The summed E-state index contributed by atoms with van der Waals surface area (Å²) in [5.74, 6) is -1.55. The lowest BCUT2D eigenvalue weighted by atomic mass is 9.75. The number of hydrogen-bond donors (Lipinski definition) is 5. The molecule has 1 amide bonds. The largest absolute Gasteiger partial charge is 0.387 e. The Labute approximate surface area is 284 Å². The summed E-state index contributed by atoms with van der Waals surface area (Å²) >= 11 is 0. The minimum absolute atomic E-state index is 0.0306. The lowest BCUT2D eigenvalue weighted by molar-refractivity contribution is -0.348. The fraction of sp³-hybridized carbons (Fsp3) is 0.632. The number of nitrogens with one attached hydrogen (secondary N) is 1. The maximum absolute atomic E-state index is 13.0. The Morgan fingerprint density at radius 3 is 2.31 bits per heavy atom. The number of likely N-dealkylation sites (N-methyl/N-ethyl adjacent to an activating group) is 1. The lowest BCUT2D eigenvalue weighted by Crippen LogP contribution is -2.70. The Morgan fingerprint density at radius 2 is 1.67 bits per heavy atom. The minimum atomic E-state index is -1.74. The van der Waals surface area contributed by atoms with Crippen molar-refractivity contribution in [3.63, 3.8) is 0 Å². The summed E-state index contributed by atoms with van der Waals surface area (Å²) in [6.07, 6.45) is 1.74. The summed E-state index contributed by atoms with van der Waals surface area (Å²) in [7, 11) is 3.95. The van der Waals surface area contributed by atoms with E-state index in [9.17, 15) is 30.0 Å². The fourth-order valence-electron chi connectivity index (χ4n) is 7.68. The Morgan fingerprint density at radius 1 is 1.00 bits per heavy atom. The van der Waals surface area contributed by atoms with Crippen LogP contribution in [0.15, 0.2) is 42.5 Å². The average molecular weight is 667 g/mol. The molecule has 3 fully saturated rings. The summed E-state index contributed by atoms with van der Waals surface area (Å²) in [6, 6.07) is 13.9. The Bertz CT molecular complexity index is 1450. The Hall–Kier alpha value is -2.70. The highest BCUT2D eigenvalue weighted by molar-refractivity contribution is 5.90. The van der Waals surface area contributed by atoms with Crippen molar-refractivity contribution in [1.29, 1.82) is 0 Å². The molecule has 2 heterocycles. The second-order valence-electron chi connectivity index (χ2n) is 15.1. The summed E-state index contributed by atoms with van der Waals surface area (Å²) in [5.41, 5.74) is 1.00. The van der Waals surface area contributed by atoms with Gasteiger partial charge in [-0.25, -0.2) is 0 Å². The van der Waals surface area contributed by atoms with Crippen molar-refractivity contribution in [2.45, 2.75) is 114 Å². The van der Waals surface area contributed by atoms with Crippen molar-refractivity contribution < 1.29 is 39.5 Å². The van der Waals surface area contributed by atoms with Crippen LogP contribution in [0.25, 0.3) is 0 Å². The molecule has 1 aliphatic carbocycles. The highest BCUT2D eigenvalue weighted by Crippen LogP contribution is 2.53. The second-order valence-corrected chi connectivity index (χ2v) is 15.1. The van der Waals surface area contributed by atoms with E-state index in [1.54, 1.807) is 6.07 Å². The first-order chi connectivity index (χ1) is 22.6. The van der Waals surface area contributed by atoms with Gasteiger partial charge in [-0.1, -0.05) is 49.2 Å². The number of ether oxygens (including phenoxy) is 2. The molecule has 1 saturated carbocycles. The molecule has 3 aliphatic rings. The molecule has 10 heteroatoms. The first kappa shape index (κ1) is 36.6. The number of fused-ring (bicyclic) bond motifs is 2. The van der Waals surface area contributed by atoms with Gasteiger partial charge in [0.2, 0.25) is 11.7 Å². The van der Waals surface area contributed by atoms with E-state index < -0.39 is 40.7 Å². The third-order valence-electron chi connectivity index (χ3n) is 10.9. The second kappa shape index (κ2) is 14.3. The van der Waals surface area contributed by atoms with Gasteiger partial charge in [0.25, 0.3) is 0 Å². The molecule has 0 spiro atoms. The van der Waals surface area contributed by atoms with Crippen LogP contribution in [-0.2, 0) is 37.7 Å². The molecule has 0 unspecified atom stereocenters. The van der Waals surface area contributed by atoms with Crippen LogP contribution in [0.1, 0.15) is 86.6 Å². The van der Waals surface area contributed by atoms with Gasteiger partial charge in [0, 0.05) is 31.5 Å². The molecule has 2 bridgehead atoms. The number of rotatable bonds is 14. The zero-order valence-corrected chi connectivity index (χ0v) is 29.1. The molecule has 5 rings (SSSR count). The van der Waals surface area contributed by atoms with Crippen LogP contribution in [0.3, 0.4) is 0 Å². The summed E-state index contributed by atoms with van der Waals surface area (Å²) in [4.78, 5) is 28.1. The molecule has 0 aromatic heterocycles. The maximum Gasteiger partial charge on any atom is 0.226 e. The molecule has 48 heavy (non-hydrogen) atoms. The third kappa shape index (κ3) is 7.12. The van der Waals surface area contributed by atoms with Crippen LogP contribution < -0.4 is 5.32 Å². The topological polar surface area (TPSA) is 149 Å². The number of hydrogen-bond acceptors (Lipinski definition) is 9. The predicted molar refractivity (Wildman–Crippen MR) is 181 cm³/mol. The predicted octanol–water partition coefficient (Wildman–Crippen LogP) is 2.91. The molecular weight excluding hydrogens is 612 g/mol. The average Bonchev–Trinajstić information content (AvgIpc) is 3.67. The van der Waals surface area contributed by atoms with E-state index >= 15 is 0 Å². The van der Waals surface area contributed by atoms with Crippen molar-refractivity contribution >= 4 is 11.7 Å². The summed E-state index contributed by atoms with van der Waals surface area (Å²) < 4.78 is 12.3. The first-order valence-corrected chi connectivity index (χ1v) is 17.4. The number of aliphatic hydroxyl groups excluding tert-OH is 3. The van der Waals surface area contributed by atoms with Gasteiger partial charge in [-0.15, -0.1) is 0 Å². The van der Waals surface area contributed by atoms with E-state index in [0.29, 0.717) is 31.4 Å². The number of nitrogens with zero attached hydrogens (tertiary/aromatic N) is 1. The van der Waals surface area contributed by atoms with E-state index in [4.69, 9.17) is 9.47 Å². The molecule has 2 aromatic rings. The van der Waals surface area contributed by atoms with Crippen molar-refractivity contribution in [2.75, 3.05) is 33.8 Å². The zero-order chi connectivity index (χ0) is 34.9. The molecule has 5 atom stereocenters. The van der Waals surface area contributed by atoms with Crippen LogP contribution in [0.2, 0.25) is 0 Å². The Kier molecular flexibility index (Phi) is 10.9. The van der Waals surface area contributed by atoms with E-state index in [1.807, 2.05) is 38.1 Å². The van der Waals surface area contributed by atoms with Crippen molar-refractivity contribution in [3.05, 3.63) is 70.3 Å². The van der Waals surface area contributed by atoms with Gasteiger partial charge < -0.3 is 40.1 Å². The summed E-state index contributed by atoms with van der Waals surface area (Å²) in [5, 5.41) is 46.6. The van der Waals surface area contributed by atoms with Crippen molar-refractivity contribution in [3.8, 4) is 0 Å². The van der Waals surface area contributed by atoms with E-state index in [2.05, 4.69) is 29.6 Å². The van der Waals surface area contributed by atoms with Gasteiger partial charge >= 0.3 is 0 Å². The number of benzene rings is 2. The molecule has 5 N–H and O–H groups in total. The van der Waals surface area contributed by atoms with Crippen LogP contribution >= 0.6 is 0 Å². The minimum Gasteiger partial charge on any atom is -0.387 e. The van der Waals surface area contributed by atoms with Crippen molar-refractivity contribution in [2.24, 2.45) is 5.41 Å². The van der Waals surface area contributed by atoms with Crippen LogP contribution in [-0.4, -0.2) is 100 Å². The van der Waals surface area contributed by atoms with Crippen molar-refractivity contribution in [1.82, 2.24) is 10.2 Å². The number of aliphatic hydroxyl groups is 4. The quantitative estimate of drug-likeness (QED) is 0.205. The number of carbonyl (C=O) groups is 2. The normalized spacial score (nSPS) is 28.2. The number of amides is 1. The fourth-order valence-corrected chi connectivity index (χ4v) is 7.68. The van der Waals surface area contributed by atoms with E-state index in [0.717, 1.165) is 67.3 Å². The molecule has 0 radical (unpaired) electrons. The zero-order valence-electron chi connectivity index (χ0n) is 29.1. The molecule has 10 nitrogen and oxygen atoms in total. The Balaban J connectivity index is 1.19. The maximum atomic E-state index is 13.0. The number of Topliss-reactive ketones (excluding diaryl/α,β-unsaturated/α-hetero) is 1. The highest BCUT2D eigenvalue weighted by atomic mass is 16.8. The number of aryl methyl sites for hydroxylation is 2.